The molecule has 0 atom stereocenters. The van der Waals surface area contributed by atoms with Gasteiger partial charge < -0.3 is 11.7 Å². The molecule has 0 unspecified atom stereocenters. The van der Waals surface area contributed by atoms with E-state index in [-0.39, 0.29) is 39.3 Å². The van der Waals surface area contributed by atoms with Crippen molar-refractivity contribution in [2.45, 2.75) is 0 Å². The van der Waals surface area contributed by atoms with Crippen molar-refractivity contribution in [1.82, 2.24) is 0 Å². The smallest absolute Gasteiger partial charge is 0.545 e. The third kappa shape index (κ3) is 97.5. The molecule has 4 nitrogen and oxygen atoms in total. The third-order valence-electron chi connectivity index (χ3n) is 1.10. The van der Waals surface area contributed by atoms with Crippen LogP contribution in [-0.4, -0.2) is 32.6 Å². The molecule has 21 heavy (non-hydrogen) atoms. The predicted octanol–water partition coefficient (Wildman–Crippen LogP) is 2.16. The van der Waals surface area contributed by atoms with Gasteiger partial charge in [-0.3, -0.25) is 6.79 Å². The van der Waals surface area contributed by atoms with Gasteiger partial charge in [0.2, 0.25) is 0 Å². The van der Waals surface area contributed by atoms with E-state index in [0.717, 1.165) is 0 Å². The van der Waals surface area contributed by atoms with Gasteiger partial charge in [-0.15, -0.1) is 6.89 Å². The van der Waals surface area contributed by atoms with Crippen molar-refractivity contribution in [2.75, 3.05) is 20.0 Å². The maximum absolute atomic E-state index is 7.75. The molecular weight excluding hydrogens is 556 g/mol. The van der Waals surface area contributed by atoms with Gasteiger partial charge in [0.25, 0.3) is 0 Å². The second-order valence-corrected chi connectivity index (χ2v) is 7.86. The fourth-order valence-electron chi connectivity index (χ4n) is 0.321. The van der Waals surface area contributed by atoms with E-state index in [1.165, 1.54) is 0 Å². The Balaban J connectivity index is -0.0000000240. The summed E-state index contributed by atoms with van der Waals surface area (Å²) in [6, 6.07) is 0. The van der Waals surface area contributed by atoms with Crippen LogP contribution in [-0.2, 0) is 58.0 Å². The van der Waals surface area contributed by atoms with Crippen LogP contribution in [0.15, 0.2) is 0 Å². The van der Waals surface area contributed by atoms with E-state index in [1.54, 1.807) is 0 Å². The molecule has 1 fully saturated rings. The first kappa shape index (κ1) is 43.0. The predicted molar refractivity (Wildman–Crippen MR) is 76.2 cm³/mol. The van der Waals surface area contributed by atoms with Gasteiger partial charge in [-0.2, -0.15) is 0 Å². The number of carbonyl (C=O) groups excluding carboxylic acids is 1. The van der Waals surface area contributed by atoms with Crippen LogP contribution in [0.2, 0.25) is 0 Å². The van der Waals surface area contributed by atoms with E-state index in [2.05, 4.69) is 53.7 Å². The third-order valence-corrected chi connectivity index (χ3v) is 2.20. The zero-order valence-electron chi connectivity index (χ0n) is 12.0. The maximum Gasteiger partial charge on any atom is 2.00 e. The van der Waals surface area contributed by atoms with Crippen LogP contribution in [0.25, 0.3) is 0 Å². The molecule has 1 rings (SSSR count). The summed E-state index contributed by atoms with van der Waals surface area (Å²) in [6.45, 7) is 26.5. The molecule has 1 aliphatic rings. The zero-order valence-corrected chi connectivity index (χ0v) is 17.1. The van der Waals surface area contributed by atoms with Crippen LogP contribution in [0, 0.1) is 59.0 Å². The van der Waals surface area contributed by atoms with E-state index in [9.17, 15) is 0 Å². The maximum atomic E-state index is 7.75. The SMILES string of the molecule is [C-]#[O+].[C-]#[O+].[C-]#[O+].[CH-]=O.[CH2-]C=P(C)(C)C.[CH]1[CH][CH][CH][CH]1.[Os+2].[Rh]. The van der Waals surface area contributed by atoms with Gasteiger partial charge >= 0.3 is 53.7 Å². The molecule has 0 bridgehead atoms. The standard InChI is InChI=1S/C5H12P.C5H5.CHO.3CO.Os.Rh/c1-5-6(2,3)4;1-2-4-5-3-1;4*1-2;;/h5H,1H2,2-4H3;1-5H;1H;;;;;/q-1;;-1;;;;+2;. The molecule has 120 valence electrons. The Morgan fingerprint density at radius 2 is 0.952 bits per heavy atom. The Kier molecular flexibility index (Phi) is 102. The largest absolute Gasteiger partial charge is 2.00 e. The molecule has 0 aromatic rings. The summed E-state index contributed by atoms with van der Waals surface area (Å²) in [4.78, 5) is 7.75. The number of rotatable bonds is 0. The summed E-state index contributed by atoms with van der Waals surface area (Å²) in [5, 5.41) is 0. The molecule has 0 aromatic heterocycles. The Hall–Kier alpha value is 0.450. The van der Waals surface area contributed by atoms with Crippen LogP contribution in [0.3, 0.4) is 0 Å². The van der Waals surface area contributed by atoms with Crippen molar-refractivity contribution in [3.05, 3.63) is 59.0 Å². The van der Waals surface area contributed by atoms with Gasteiger partial charge in [-0.1, -0.05) is 0 Å². The molecule has 0 aliphatic heterocycles. The fourth-order valence-corrected chi connectivity index (χ4v) is 0.321. The molecule has 0 amide bonds. The molecular formula is C14H18O4OsPRh. The Labute approximate surface area is 156 Å². The van der Waals surface area contributed by atoms with Crippen molar-refractivity contribution >= 4 is 19.5 Å². The van der Waals surface area contributed by atoms with Crippen molar-refractivity contribution in [2.24, 2.45) is 0 Å². The molecule has 0 aromatic carbocycles. The van der Waals surface area contributed by atoms with Crippen LogP contribution >= 0.6 is 6.89 Å². The fraction of sp³-hybridized carbons (Fsp3) is 0.214. The van der Waals surface area contributed by atoms with Gasteiger partial charge in [0.05, 0.1) is 0 Å². The molecule has 0 saturated heterocycles. The van der Waals surface area contributed by atoms with Crippen LogP contribution in [0.5, 0.6) is 0 Å². The summed E-state index contributed by atoms with van der Waals surface area (Å²) in [7, 11) is 0. The van der Waals surface area contributed by atoms with Crippen LogP contribution in [0.1, 0.15) is 0 Å². The Morgan fingerprint density at radius 3 is 1.00 bits per heavy atom. The number of hydrogen-bond donors (Lipinski definition) is 0. The van der Waals surface area contributed by atoms with Crippen LogP contribution in [0.4, 0.5) is 0 Å². The molecule has 7 heteroatoms. The van der Waals surface area contributed by atoms with Crippen molar-refractivity contribution in [1.29, 1.82) is 0 Å². The first-order valence-corrected chi connectivity index (χ1v) is 7.72. The van der Waals surface area contributed by atoms with E-state index in [4.69, 9.17) is 18.8 Å². The molecule has 0 heterocycles. The second kappa shape index (κ2) is 49.9. The normalized spacial score (nSPS) is 9.43. The molecule has 1 saturated carbocycles. The summed E-state index contributed by atoms with van der Waals surface area (Å²) in [5.41, 5.74) is 0. The summed E-state index contributed by atoms with van der Waals surface area (Å²) in [5.74, 6) is 2.05. The summed E-state index contributed by atoms with van der Waals surface area (Å²) < 4.78 is 22.5. The van der Waals surface area contributed by atoms with Gasteiger partial charge in [0, 0.05) is 19.5 Å². The Bertz CT molecular complexity index is 225. The quantitative estimate of drug-likeness (QED) is 0.144. The van der Waals surface area contributed by atoms with Gasteiger partial charge in [-0.05, 0) is 52.1 Å². The molecule has 0 N–H and O–H groups in total. The van der Waals surface area contributed by atoms with Crippen molar-refractivity contribution in [3.8, 4) is 0 Å². The first-order valence-electron chi connectivity index (χ1n) is 4.52. The van der Waals surface area contributed by atoms with E-state index < -0.39 is 6.89 Å². The van der Waals surface area contributed by atoms with Gasteiger partial charge in [0.15, 0.2) is 0 Å². The number of hydrogen-bond acceptors (Lipinski definition) is 1. The van der Waals surface area contributed by atoms with Crippen LogP contribution < -0.4 is 0 Å². The van der Waals surface area contributed by atoms with E-state index in [0.29, 0.717) is 0 Å². The monoisotopic (exact) mass is 576 g/mol. The molecule has 0 spiro atoms. The topological polar surface area (TPSA) is 76.8 Å². The minimum atomic E-state index is -0.633. The zero-order chi connectivity index (χ0) is 16.7. The average Bonchev–Trinajstić information content (AvgIpc) is 3.06. The second-order valence-electron chi connectivity index (χ2n) is 3.26. The molecule has 1 aliphatic carbocycles. The first-order chi connectivity index (χ1) is 9.06. The van der Waals surface area contributed by atoms with Gasteiger partial charge in [-0.25, -0.2) is 5.80 Å². The Morgan fingerprint density at radius 1 is 0.857 bits per heavy atom. The van der Waals surface area contributed by atoms with Gasteiger partial charge in [0.1, 0.15) is 0 Å². The van der Waals surface area contributed by atoms with E-state index >= 15 is 0 Å². The average molecular weight is 574 g/mol. The molecule has 6 radical (unpaired) electrons. The minimum absolute atomic E-state index is 0. The van der Waals surface area contributed by atoms with Crippen molar-refractivity contribution < 1.29 is 58.0 Å². The summed E-state index contributed by atoms with van der Waals surface area (Å²) in [6.07, 6.45) is 10.0. The van der Waals surface area contributed by atoms with E-state index in [1.807, 2.05) is 37.9 Å². The minimum Gasteiger partial charge on any atom is -0.545 e. The summed E-state index contributed by atoms with van der Waals surface area (Å²) >= 11 is 0. The van der Waals surface area contributed by atoms with Crippen molar-refractivity contribution in [3.63, 3.8) is 0 Å².